The number of ether oxygens (including phenoxy) is 2. The Balaban J connectivity index is 1.82. The third kappa shape index (κ3) is 5.65. The van der Waals surface area contributed by atoms with Gasteiger partial charge in [0.25, 0.3) is 0 Å². The Labute approximate surface area is 220 Å². The number of halogens is 4. The van der Waals surface area contributed by atoms with Crippen molar-refractivity contribution in [3.63, 3.8) is 0 Å². The third-order valence-electron chi connectivity index (χ3n) is 5.40. The second kappa shape index (κ2) is 11.0. The number of carbonyl (C=O) groups is 1. The van der Waals surface area contributed by atoms with Crippen molar-refractivity contribution in [1.29, 1.82) is 0 Å². The molecule has 0 aliphatic carbocycles. The summed E-state index contributed by atoms with van der Waals surface area (Å²) in [5, 5.41) is 9.15. The van der Waals surface area contributed by atoms with Gasteiger partial charge in [-0.2, -0.15) is 18.3 Å². The van der Waals surface area contributed by atoms with Gasteiger partial charge in [0.05, 0.1) is 24.9 Å². The fourth-order valence-corrected chi connectivity index (χ4v) is 3.97. The van der Waals surface area contributed by atoms with E-state index in [1.54, 1.807) is 31.3 Å². The van der Waals surface area contributed by atoms with Crippen molar-refractivity contribution in [3.8, 4) is 39.4 Å². The Morgan fingerprint density at radius 1 is 1.05 bits per heavy atom. The number of amides is 2. The van der Waals surface area contributed by atoms with E-state index in [9.17, 15) is 18.0 Å². The van der Waals surface area contributed by atoms with Gasteiger partial charge < -0.3 is 14.8 Å². The highest BCUT2D eigenvalue weighted by molar-refractivity contribution is 6.32. The lowest BCUT2D eigenvalue weighted by molar-refractivity contribution is -0.141. The molecule has 0 saturated heterocycles. The van der Waals surface area contributed by atoms with Gasteiger partial charge in [-0.3, -0.25) is 10.3 Å². The van der Waals surface area contributed by atoms with Crippen LogP contribution in [-0.2, 0) is 6.18 Å². The van der Waals surface area contributed by atoms with Crippen LogP contribution in [0.15, 0.2) is 55.1 Å². The topological polar surface area (TPSA) is 103 Å². The molecule has 4 rings (SSSR count). The number of methoxy groups -OCH3 is 2. The summed E-state index contributed by atoms with van der Waals surface area (Å²) in [6.45, 7) is 2.12. The molecule has 9 nitrogen and oxygen atoms in total. The maximum Gasteiger partial charge on any atom is 0.435 e. The molecule has 3 heterocycles. The number of hydrogen-bond donors (Lipinski definition) is 2. The van der Waals surface area contributed by atoms with Crippen LogP contribution in [0.2, 0.25) is 5.02 Å². The van der Waals surface area contributed by atoms with Crippen LogP contribution < -0.4 is 20.1 Å². The highest BCUT2D eigenvalue weighted by Gasteiger charge is 2.34. The molecule has 4 aromatic rings. The van der Waals surface area contributed by atoms with Crippen molar-refractivity contribution in [2.24, 2.45) is 0 Å². The molecule has 0 atom stereocenters. The number of rotatable bonds is 7. The first kappa shape index (κ1) is 26.7. The lowest BCUT2D eigenvalue weighted by Gasteiger charge is -2.14. The van der Waals surface area contributed by atoms with Crippen LogP contribution in [0.1, 0.15) is 12.6 Å². The second-order valence-electron chi connectivity index (χ2n) is 7.87. The van der Waals surface area contributed by atoms with E-state index in [-0.39, 0.29) is 11.5 Å². The Kier molecular flexibility index (Phi) is 7.72. The molecule has 0 aliphatic rings. The molecule has 2 N–H and O–H groups in total. The summed E-state index contributed by atoms with van der Waals surface area (Å²) in [7, 11) is 2.96. The number of nitrogens with one attached hydrogen (secondary N) is 2. The first-order valence-corrected chi connectivity index (χ1v) is 11.6. The molecule has 198 valence electrons. The van der Waals surface area contributed by atoms with Crippen LogP contribution in [0, 0.1) is 0 Å². The predicted molar refractivity (Wildman–Crippen MR) is 136 cm³/mol. The zero-order valence-corrected chi connectivity index (χ0v) is 21.2. The number of nitrogens with zero attached hydrogens (tertiary/aromatic N) is 4. The maximum atomic E-state index is 13.3. The molecule has 0 fully saturated rings. The SMILES string of the molecule is CCNC(=O)Nc1cc(-n2ccc(C(F)(F)F)n2)c(-c2cncc(-c3cc(Cl)c(OC)c(OC)c3)c2)cn1. The quantitative estimate of drug-likeness (QED) is 0.302. The van der Waals surface area contributed by atoms with Crippen molar-refractivity contribution in [3.05, 3.63) is 65.8 Å². The number of pyridine rings is 2. The van der Waals surface area contributed by atoms with Crippen molar-refractivity contribution in [1.82, 2.24) is 25.1 Å². The smallest absolute Gasteiger partial charge is 0.435 e. The van der Waals surface area contributed by atoms with Gasteiger partial charge in [0, 0.05) is 54.1 Å². The minimum Gasteiger partial charge on any atom is -0.493 e. The van der Waals surface area contributed by atoms with Gasteiger partial charge in [-0.1, -0.05) is 11.6 Å². The molecule has 0 radical (unpaired) electrons. The van der Waals surface area contributed by atoms with Gasteiger partial charge in [-0.15, -0.1) is 0 Å². The molecule has 0 spiro atoms. The molecule has 0 aliphatic heterocycles. The molecule has 38 heavy (non-hydrogen) atoms. The summed E-state index contributed by atoms with van der Waals surface area (Å²) in [5.74, 6) is 0.914. The number of anilines is 1. The van der Waals surface area contributed by atoms with E-state index < -0.39 is 17.9 Å². The number of benzene rings is 1. The largest absolute Gasteiger partial charge is 0.493 e. The highest BCUT2D eigenvalue weighted by atomic mass is 35.5. The summed E-state index contributed by atoms with van der Waals surface area (Å²) >= 11 is 6.37. The van der Waals surface area contributed by atoms with Gasteiger partial charge in [-0.05, 0) is 36.8 Å². The van der Waals surface area contributed by atoms with E-state index >= 15 is 0 Å². The summed E-state index contributed by atoms with van der Waals surface area (Å²) in [6.07, 6.45) is 1.12. The zero-order valence-electron chi connectivity index (χ0n) is 20.4. The lowest BCUT2D eigenvalue weighted by Crippen LogP contribution is -2.28. The number of urea groups is 1. The molecular formula is C25H22ClF3N6O3. The van der Waals surface area contributed by atoms with Gasteiger partial charge in [0.2, 0.25) is 0 Å². The van der Waals surface area contributed by atoms with Gasteiger partial charge in [-0.25, -0.2) is 14.5 Å². The van der Waals surface area contributed by atoms with Crippen LogP contribution in [-0.4, -0.2) is 46.5 Å². The number of aromatic nitrogens is 4. The molecule has 0 saturated carbocycles. The Bertz CT molecular complexity index is 1480. The minimum absolute atomic E-state index is 0.120. The van der Waals surface area contributed by atoms with E-state index in [2.05, 4.69) is 25.7 Å². The molecule has 3 aromatic heterocycles. The second-order valence-corrected chi connectivity index (χ2v) is 8.28. The fourth-order valence-electron chi connectivity index (χ4n) is 3.69. The first-order chi connectivity index (χ1) is 18.1. The normalized spacial score (nSPS) is 11.2. The molecular weight excluding hydrogens is 525 g/mol. The monoisotopic (exact) mass is 546 g/mol. The highest BCUT2D eigenvalue weighted by Crippen LogP contribution is 2.40. The Morgan fingerprint density at radius 2 is 1.82 bits per heavy atom. The number of alkyl halides is 3. The summed E-state index contributed by atoms with van der Waals surface area (Å²) in [4.78, 5) is 20.6. The van der Waals surface area contributed by atoms with Gasteiger partial charge >= 0.3 is 12.2 Å². The van der Waals surface area contributed by atoms with Crippen molar-refractivity contribution < 1.29 is 27.4 Å². The minimum atomic E-state index is -4.63. The van der Waals surface area contributed by atoms with Crippen LogP contribution in [0.3, 0.4) is 0 Å². The van der Waals surface area contributed by atoms with E-state index in [0.717, 1.165) is 10.7 Å². The number of hydrogen-bond acceptors (Lipinski definition) is 6. The molecule has 0 unspecified atom stereocenters. The van der Waals surface area contributed by atoms with E-state index in [0.29, 0.717) is 45.3 Å². The summed E-state index contributed by atoms with van der Waals surface area (Å²) in [6, 6.07) is 6.97. The van der Waals surface area contributed by atoms with Crippen LogP contribution in [0.5, 0.6) is 11.5 Å². The average Bonchev–Trinajstić information content (AvgIpc) is 3.39. The molecule has 0 bridgehead atoms. The molecule has 2 amide bonds. The predicted octanol–water partition coefficient (Wildman–Crippen LogP) is 5.83. The third-order valence-corrected chi connectivity index (χ3v) is 5.68. The van der Waals surface area contributed by atoms with Gasteiger partial charge in [0.1, 0.15) is 5.82 Å². The Morgan fingerprint density at radius 3 is 2.47 bits per heavy atom. The average molecular weight is 547 g/mol. The standard InChI is InChI=1S/C25H22ClF3N6O3/c1-4-31-24(36)33-22-10-19(35-6-5-21(34-35)25(27,28)29)17(13-32-22)16-7-15(11-30-12-16)14-8-18(26)23(38-3)20(9-14)37-2/h5-13H,4H2,1-3H3,(H2,31,32,33,36). The Hall–Kier alpha value is -4.32. The zero-order chi connectivity index (χ0) is 27.4. The lowest BCUT2D eigenvalue weighted by atomic mass is 10.0. The van der Waals surface area contributed by atoms with Crippen molar-refractivity contribution in [2.75, 3.05) is 26.1 Å². The van der Waals surface area contributed by atoms with Gasteiger partial charge in [0.15, 0.2) is 17.2 Å². The van der Waals surface area contributed by atoms with E-state index in [1.807, 2.05) is 0 Å². The summed E-state index contributed by atoms with van der Waals surface area (Å²) < 4.78 is 51.6. The van der Waals surface area contributed by atoms with Crippen LogP contribution >= 0.6 is 11.6 Å². The number of carbonyl (C=O) groups excluding carboxylic acids is 1. The van der Waals surface area contributed by atoms with Crippen LogP contribution in [0.4, 0.5) is 23.8 Å². The van der Waals surface area contributed by atoms with E-state index in [1.165, 1.54) is 38.9 Å². The van der Waals surface area contributed by atoms with Crippen LogP contribution in [0.25, 0.3) is 27.9 Å². The summed E-state index contributed by atoms with van der Waals surface area (Å²) in [5.41, 5.74) is 1.45. The molecule has 13 heteroatoms. The first-order valence-electron chi connectivity index (χ1n) is 11.2. The van der Waals surface area contributed by atoms with E-state index in [4.69, 9.17) is 21.1 Å². The van der Waals surface area contributed by atoms with Crippen molar-refractivity contribution >= 4 is 23.4 Å². The molecule has 1 aromatic carbocycles. The van der Waals surface area contributed by atoms with Crippen molar-refractivity contribution in [2.45, 2.75) is 13.1 Å². The fraction of sp³-hybridized carbons (Fsp3) is 0.200. The maximum absolute atomic E-state index is 13.3.